The Morgan fingerprint density at radius 3 is 2.67 bits per heavy atom. The first-order valence-corrected chi connectivity index (χ1v) is 14.0. The number of nitrogens with one attached hydrogen (secondary N) is 1. The molecule has 2 aliphatic rings. The van der Waals surface area contributed by atoms with Gasteiger partial charge in [-0.25, -0.2) is 4.98 Å². The maximum absolute atomic E-state index is 13.4. The molecular weight excluding hydrogens is 518 g/mol. The minimum absolute atomic E-state index is 0.0364. The molecule has 0 aliphatic carbocycles. The van der Waals surface area contributed by atoms with Crippen LogP contribution in [-0.4, -0.2) is 82.0 Å². The molecule has 1 aromatic carbocycles. The molecule has 5 N–H and O–H groups in total. The minimum Gasteiger partial charge on any atom is -0.370 e. The number of nitrogens with zero attached hydrogens (tertiary/aromatic N) is 4. The zero-order valence-electron chi connectivity index (χ0n) is 22.0. The molecule has 4 rings (SSSR count). The summed E-state index contributed by atoms with van der Waals surface area (Å²) in [5, 5.41) is 3.20. The molecule has 0 spiro atoms. The second-order valence-corrected chi connectivity index (χ2v) is 11.2. The predicted molar refractivity (Wildman–Crippen MR) is 148 cm³/mol. The van der Waals surface area contributed by atoms with Crippen molar-refractivity contribution in [2.24, 2.45) is 16.5 Å². The number of carbonyl (C=O) groups excluding carboxylic acids is 4. The number of hydrogen-bond acceptors (Lipinski definition) is 7. The number of aliphatic imine (C=N–C) groups is 1. The van der Waals surface area contributed by atoms with Gasteiger partial charge in [-0.1, -0.05) is 30.3 Å². The third-order valence-corrected chi connectivity index (χ3v) is 8.01. The fraction of sp³-hybridized carbons (Fsp3) is 0.481. The van der Waals surface area contributed by atoms with Gasteiger partial charge in [0.25, 0.3) is 0 Å². The summed E-state index contributed by atoms with van der Waals surface area (Å²) in [7, 11) is 0. The lowest BCUT2D eigenvalue weighted by Gasteiger charge is -2.39. The van der Waals surface area contributed by atoms with Crippen LogP contribution in [0.2, 0.25) is 0 Å². The lowest BCUT2D eigenvalue weighted by atomic mass is 10.1. The summed E-state index contributed by atoms with van der Waals surface area (Å²) in [5.41, 5.74) is 11.9. The maximum atomic E-state index is 13.4. The molecule has 39 heavy (non-hydrogen) atoms. The van der Waals surface area contributed by atoms with Gasteiger partial charge in [-0.05, 0) is 44.6 Å². The maximum Gasteiger partial charge on any atom is 0.243 e. The van der Waals surface area contributed by atoms with Gasteiger partial charge in [0.05, 0.1) is 18.6 Å². The highest BCUT2D eigenvalue weighted by molar-refractivity contribution is 7.13. The van der Waals surface area contributed by atoms with E-state index in [9.17, 15) is 19.2 Å². The van der Waals surface area contributed by atoms with E-state index in [4.69, 9.17) is 11.5 Å². The number of fused-ring (bicyclic) bond motifs is 1. The van der Waals surface area contributed by atoms with Crippen molar-refractivity contribution in [3.63, 3.8) is 0 Å². The molecule has 2 saturated heterocycles. The number of hydrogen-bond donors (Lipinski definition) is 3. The number of thiazole rings is 1. The molecule has 2 aromatic rings. The Morgan fingerprint density at radius 1 is 1.21 bits per heavy atom. The number of benzene rings is 1. The highest BCUT2D eigenvalue weighted by atomic mass is 32.1. The molecule has 3 atom stereocenters. The van der Waals surface area contributed by atoms with Gasteiger partial charge >= 0.3 is 0 Å². The molecule has 0 radical (unpaired) electrons. The average molecular weight is 554 g/mol. The number of guanidine groups is 1. The van der Waals surface area contributed by atoms with Crippen LogP contribution in [0, 0.1) is 6.92 Å². The molecule has 12 heteroatoms. The van der Waals surface area contributed by atoms with Crippen LogP contribution in [0.4, 0.5) is 0 Å². The highest BCUT2D eigenvalue weighted by Crippen LogP contribution is 2.29. The van der Waals surface area contributed by atoms with E-state index >= 15 is 0 Å². The number of Topliss-reactive ketones (excluding diaryl/α,β-unsaturated/α-hetero) is 1. The molecule has 11 nitrogen and oxygen atoms in total. The molecular formula is C27H35N7O4S. The van der Waals surface area contributed by atoms with Gasteiger partial charge in [0.1, 0.15) is 6.04 Å². The number of piperazine rings is 1. The van der Waals surface area contributed by atoms with Crippen molar-refractivity contribution in [3.05, 3.63) is 52.0 Å². The Hall–Kier alpha value is -3.80. The number of amides is 3. The van der Waals surface area contributed by atoms with Crippen LogP contribution in [0.1, 0.15) is 52.3 Å². The topological polar surface area (TPSA) is 164 Å². The van der Waals surface area contributed by atoms with Crippen LogP contribution in [0.15, 0.2) is 41.5 Å². The number of ketones is 1. The molecule has 2 fully saturated rings. The summed E-state index contributed by atoms with van der Waals surface area (Å²) < 4.78 is 0. The third-order valence-electron chi connectivity index (χ3n) is 7.08. The van der Waals surface area contributed by atoms with Gasteiger partial charge in [-0.3, -0.25) is 24.2 Å². The smallest absolute Gasteiger partial charge is 0.243 e. The fourth-order valence-electron chi connectivity index (χ4n) is 5.16. The lowest BCUT2D eigenvalue weighted by molar-refractivity contribution is -0.151. The lowest BCUT2D eigenvalue weighted by Crippen LogP contribution is -2.60. The van der Waals surface area contributed by atoms with Crippen LogP contribution < -0.4 is 16.8 Å². The van der Waals surface area contributed by atoms with Gasteiger partial charge in [0.15, 0.2) is 11.0 Å². The Morgan fingerprint density at radius 2 is 1.97 bits per heavy atom. The Labute approximate surface area is 231 Å². The van der Waals surface area contributed by atoms with Crippen LogP contribution in [0.3, 0.4) is 0 Å². The normalized spacial score (nSPS) is 19.4. The number of aromatic nitrogens is 1. The van der Waals surface area contributed by atoms with Crippen LogP contribution in [-0.2, 0) is 20.8 Å². The molecule has 3 amide bonds. The van der Waals surface area contributed by atoms with E-state index in [1.54, 1.807) is 16.0 Å². The summed E-state index contributed by atoms with van der Waals surface area (Å²) in [5.74, 6) is -0.997. The van der Waals surface area contributed by atoms with E-state index in [0.717, 1.165) is 10.4 Å². The van der Waals surface area contributed by atoms with E-state index in [0.29, 0.717) is 56.6 Å². The number of aryl methyl sites for hydroxylation is 2. The monoisotopic (exact) mass is 553 g/mol. The van der Waals surface area contributed by atoms with Crippen molar-refractivity contribution in [2.45, 2.75) is 63.6 Å². The van der Waals surface area contributed by atoms with Gasteiger partial charge in [0.2, 0.25) is 23.5 Å². The second kappa shape index (κ2) is 12.8. The van der Waals surface area contributed by atoms with E-state index < -0.39 is 12.1 Å². The first kappa shape index (κ1) is 28.2. The zero-order valence-corrected chi connectivity index (χ0v) is 22.9. The molecule has 1 aromatic heterocycles. The highest BCUT2D eigenvalue weighted by Gasteiger charge is 2.46. The largest absolute Gasteiger partial charge is 0.370 e. The minimum atomic E-state index is -0.813. The second-order valence-electron chi connectivity index (χ2n) is 9.96. The van der Waals surface area contributed by atoms with Crippen LogP contribution >= 0.6 is 11.3 Å². The predicted octanol–water partition coefficient (Wildman–Crippen LogP) is 1.01. The van der Waals surface area contributed by atoms with Gasteiger partial charge in [-0.2, -0.15) is 0 Å². The standard InChI is InChI=1S/C27H35N7O4S/c1-17-14-31-26(39-17)24(37)20(8-5-13-30-27(28)29)32-25(38)21-11-10-19-15-33(16-23(36)34(19)21)22(35)12-9-18-6-3-2-4-7-18/h2-4,6-7,14,19-21H,5,8-13,15-16H2,1H3,(H,32,38)(H4,28,29,30). The molecule has 2 aliphatic heterocycles. The van der Waals surface area contributed by atoms with Crippen molar-refractivity contribution in [3.8, 4) is 0 Å². The first-order chi connectivity index (χ1) is 18.7. The zero-order chi connectivity index (χ0) is 27.9. The fourth-order valence-corrected chi connectivity index (χ4v) is 5.92. The molecule has 208 valence electrons. The summed E-state index contributed by atoms with van der Waals surface area (Å²) in [6.07, 6.45) is 4.45. The van der Waals surface area contributed by atoms with Crippen molar-refractivity contribution in [1.82, 2.24) is 20.1 Å². The van der Waals surface area contributed by atoms with Crippen molar-refractivity contribution in [1.29, 1.82) is 0 Å². The van der Waals surface area contributed by atoms with Gasteiger partial charge in [0, 0.05) is 30.6 Å². The van der Waals surface area contributed by atoms with Crippen LogP contribution in [0.25, 0.3) is 0 Å². The molecule has 0 bridgehead atoms. The summed E-state index contributed by atoms with van der Waals surface area (Å²) >= 11 is 1.27. The molecule has 3 heterocycles. The van der Waals surface area contributed by atoms with Crippen molar-refractivity contribution in [2.75, 3.05) is 19.6 Å². The number of rotatable bonds is 11. The first-order valence-electron chi connectivity index (χ1n) is 13.2. The van der Waals surface area contributed by atoms with E-state index in [1.807, 2.05) is 37.3 Å². The summed E-state index contributed by atoms with van der Waals surface area (Å²) in [4.78, 5) is 64.8. The third kappa shape index (κ3) is 7.20. The van der Waals surface area contributed by atoms with Crippen molar-refractivity contribution < 1.29 is 19.2 Å². The number of carbonyl (C=O) groups is 4. The average Bonchev–Trinajstić information content (AvgIpc) is 3.55. The summed E-state index contributed by atoms with van der Waals surface area (Å²) in [6.45, 7) is 2.54. The van der Waals surface area contributed by atoms with E-state index in [2.05, 4.69) is 15.3 Å². The quantitative estimate of drug-likeness (QED) is 0.162. The Kier molecular flexibility index (Phi) is 9.28. The summed E-state index contributed by atoms with van der Waals surface area (Å²) in [6, 6.07) is 8.04. The van der Waals surface area contributed by atoms with Gasteiger partial charge in [-0.15, -0.1) is 11.3 Å². The molecule has 0 saturated carbocycles. The van der Waals surface area contributed by atoms with E-state index in [1.165, 1.54) is 11.3 Å². The van der Waals surface area contributed by atoms with Crippen molar-refractivity contribution >= 4 is 40.8 Å². The van der Waals surface area contributed by atoms with E-state index in [-0.39, 0.29) is 42.1 Å². The SMILES string of the molecule is Cc1cnc(C(=O)C(CCCN=C(N)N)NC(=O)C2CCC3CN(C(=O)CCc4ccccc4)CC(=O)N32)s1. The van der Waals surface area contributed by atoms with Gasteiger partial charge < -0.3 is 26.6 Å². The molecule has 3 unspecified atom stereocenters. The van der Waals surface area contributed by atoms with Crippen LogP contribution in [0.5, 0.6) is 0 Å². The Bertz CT molecular complexity index is 1230. The Balaban J connectivity index is 1.37. The number of nitrogens with two attached hydrogens (primary N) is 2.